The van der Waals surface area contributed by atoms with Gasteiger partial charge in [0.15, 0.2) is 0 Å². The molecule has 6 nitrogen and oxygen atoms in total. The predicted octanol–water partition coefficient (Wildman–Crippen LogP) is 1.94. The molecule has 0 spiro atoms. The van der Waals surface area contributed by atoms with Gasteiger partial charge >= 0.3 is 11.1 Å². The summed E-state index contributed by atoms with van der Waals surface area (Å²) in [6.45, 7) is 1.79. The van der Waals surface area contributed by atoms with Crippen molar-refractivity contribution in [3.63, 3.8) is 0 Å². The topological polar surface area (TPSA) is 73.1 Å². The Hall–Kier alpha value is -3.22. The second kappa shape index (κ2) is 6.01. The number of fused-ring (bicyclic) bond motifs is 1. The summed E-state index contributed by atoms with van der Waals surface area (Å²) < 4.78 is 15.5. The van der Waals surface area contributed by atoms with E-state index in [1.54, 1.807) is 19.1 Å². The number of aryl methyl sites for hydroxylation is 3. The molecular formula is C18H16FN3O3. The van der Waals surface area contributed by atoms with Gasteiger partial charge in [0.05, 0.1) is 11.0 Å². The maximum absolute atomic E-state index is 13.0. The number of halogens is 1. The summed E-state index contributed by atoms with van der Waals surface area (Å²) in [6, 6.07) is 8.58. The number of amides is 1. The van der Waals surface area contributed by atoms with Crippen LogP contribution in [0.15, 0.2) is 46.0 Å². The minimum atomic E-state index is -0.644. The third kappa shape index (κ3) is 2.84. The Morgan fingerprint density at radius 2 is 1.48 bits per heavy atom. The van der Waals surface area contributed by atoms with Gasteiger partial charge in [-0.2, -0.15) is 0 Å². The average Bonchev–Trinajstić information content (AvgIpc) is 2.60. The zero-order valence-electron chi connectivity index (χ0n) is 14.0. The van der Waals surface area contributed by atoms with E-state index in [0.29, 0.717) is 22.3 Å². The number of aromatic nitrogens is 2. The number of nitrogens with one attached hydrogen (secondary N) is 1. The van der Waals surface area contributed by atoms with E-state index in [2.05, 4.69) is 5.32 Å². The molecule has 128 valence electrons. The minimum Gasteiger partial charge on any atom is -0.322 e. The van der Waals surface area contributed by atoms with E-state index >= 15 is 0 Å². The third-order valence-electron chi connectivity index (χ3n) is 4.19. The molecular weight excluding hydrogens is 325 g/mol. The largest absolute Gasteiger partial charge is 0.322 e. The molecule has 0 bridgehead atoms. The Kier molecular flexibility index (Phi) is 4.00. The van der Waals surface area contributed by atoms with Gasteiger partial charge in [0.2, 0.25) is 0 Å². The summed E-state index contributed by atoms with van der Waals surface area (Å²) in [4.78, 5) is 36.2. The molecule has 1 aromatic heterocycles. The van der Waals surface area contributed by atoms with Crippen LogP contribution in [-0.4, -0.2) is 15.0 Å². The van der Waals surface area contributed by atoms with Gasteiger partial charge in [0.25, 0.3) is 5.91 Å². The molecule has 0 aliphatic heterocycles. The fourth-order valence-corrected chi connectivity index (χ4v) is 2.65. The summed E-state index contributed by atoms with van der Waals surface area (Å²) in [5.74, 6) is -0.813. The van der Waals surface area contributed by atoms with Crippen LogP contribution < -0.4 is 16.4 Å². The van der Waals surface area contributed by atoms with Crippen LogP contribution in [0, 0.1) is 12.7 Å². The quantitative estimate of drug-likeness (QED) is 0.724. The van der Waals surface area contributed by atoms with Gasteiger partial charge in [0, 0.05) is 25.3 Å². The molecule has 3 aromatic rings. The Morgan fingerprint density at radius 1 is 0.960 bits per heavy atom. The van der Waals surface area contributed by atoms with Gasteiger partial charge in [-0.25, -0.2) is 4.39 Å². The van der Waals surface area contributed by atoms with Gasteiger partial charge < -0.3 is 14.5 Å². The highest BCUT2D eigenvalue weighted by Gasteiger charge is 2.13. The van der Waals surface area contributed by atoms with Crippen molar-refractivity contribution >= 4 is 22.6 Å². The Balaban J connectivity index is 2.10. The van der Waals surface area contributed by atoms with Crippen molar-refractivity contribution in [2.75, 3.05) is 5.32 Å². The van der Waals surface area contributed by atoms with E-state index < -0.39 is 22.8 Å². The van der Waals surface area contributed by atoms with E-state index in [1.807, 2.05) is 0 Å². The number of rotatable bonds is 2. The van der Waals surface area contributed by atoms with E-state index in [-0.39, 0.29) is 0 Å². The first-order valence-corrected chi connectivity index (χ1v) is 7.57. The van der Waals surface area contributed by atoms with Gasteiger partial charge in [-0.3, -0.25) is 14.4 Å². The lowest BCUT2D eigenvalue weighted by Crippen LogP contribution is -2.39. The second-order valence-corrected chi connectivity index (χ2v) is 5.85. The number of hydrogen-bond donors (Lipinski definition) is 1. The molecule has 3 rings (SSSR count). The molecule has 2 aromatic carbocycles. The van der Waals surface area contributed by atoms with Crippen molar-refractivity contribution in [1.29, 1.82) is 0 Å². The summed E-state index contributed by atoms with van der Waals surface area (Å²) in [7, 11) is 3.04. The number of nitrogens with zero attached hydrogens (tertiary/aromatic N) is 2. The molecule has 1 heterocycles. The van der Waals surface area contributed by atoms with Gasteiger partial charge in [-0.1, -0.05) is 0 Å². The predicted molar refractivity (Wildman–Crippen MR) is 93.5 cm³/mol. The van der Waals surface area contributed by atoms with E-state index in [1.165, 1.54) is 47.5 Å². The maximum Gasteiger partial charge on any atom is 0.316 e. The van der Waals surface area contributed by atoms with Crippen molar-refractivity contribution in [3.05, 3.63) is 74.0 Å². The summed E-state index contributed by atoms with van der Waals surface area (Å²) >= 11 is 0. The first-order chi connectivity index (χ1) is 11.8. The standard InChI is InChI=1S/C18H16FN3O3/c1-10-8-14-15(22(3)18(25)17(24)21(14)2)9-13(10)20-16(23)11-4-6-12(19)7-5-11/h4-9H,1-3H3,(H,20,23). The van der Waals surface area contributed by atoms with Crippen molar-refractivity contribution in [2.45, 2.75) is 6.92 Å². The normalized spacial score (nSPS) is 10.9. The lowest BCUT2D eigenvalue weighted by molar-refractivity contribution is 0.102. The Labute approximate surface area is 142 Å². The molecule has 0 aliphatic rings. The van der Waals surface area contributed by atoms with Crippen molar-refractivity contribution in [2.24, 2.45) is 14.1 Å². The SMILES string of the molecule is Cc1cc2c(cc1NC(=O)c1ccc(F)cc1)n(C)c(=O)c(=O)n2C. The molecule has 0 saturated carbocycles. The molecule has 0 fully saturated rings. The number of anilines is 1. The van der Waals surface area contributed by atoms with Crippen LogP contribution in [0.2, 0.25) is 0 Å². The van der Waals surface area contributed by atoms with Gasteiger partial charge in [0.1, 0.15) is 5.82 Å². The minimum absolute atomic E-state index is 0.315. The lowest BCUT2D eigenvalue weighted by Gasteiger charge is -2.14. The van der Waals surface area contributed by atoms with Crippen molar-refractivity contribution in [1.82, 2.24) is 9.13 Å². The fraction of sp³-hybridized carbons (Fsp3) is 0.167. The Morgan fingerprint density at radius 3 is 2.04 bits per heavy atom. The molecule has 0 aliphatic carbocycles. The third-order valence-corrected chi connectivity index (χ3v) is 4.19. The van der Waals surface area contributed by atoms with Crippen LogP contribution >= 0.6 is 0 Å². The van der Waals surface area contributed by atoms with Crippen LogP contribution in [0.25, 0.3) is 11.0 Å². The van der Waals surface area contributed by atoms with Crippen LogP contribution in [0.3, 0.4) is 0 Å². The number of carbonyl (C=O) groups excluding carboxylic acids is 1. The highest BCUT2D eigenvalue weighted by atomic mass is 19.1. The van der Waals surface area contributed by atoms with Crippen LogP contribution in [0.4, 0.5) is 10.1 Å². The number of carbonyl (C=O) groups is 1. The van der Waals surface area contributed by atoms with Crippen LogP contribution in [-0.2, 0) is 14.1 Å². The molecule has 0 atom stereocenters. The molecule has 7 heteroatoms. The summed E-state index contributed by atoms with van der Waals surface area (Å²) in [5.41, 5.74) is 1.41. The monoisotopic (exact) mass is 341 g/mol. The first-order valence-electron chi connectivity index (χ1n) is 7.57. The second-order valence-electron chi connectivity index (χ2n) is 5.85. The van der Waals surface area contributed by atoms with Crippen LogP contribution in [0.5, 0.6) is 0 Å². The summed E-state index contributed by atoms with van der Waals surface area (Å²) in [6.07, 6.45) is 0. The van der Waals surface area contributed by atoms with E-state index in [4.69, 9.17) is 0 Å². The lowest BCUT2D eigenvalue weighted by atomic mass is 10.1. The highest BCUT2D eigenvalue weighted by Crippen LogP contribution is 2.22. The van der Waals surface area contributed by atoms with E-state index in [0.717, 1.165) is 5.56 Å². The van der Waals surface area contributed by atoms with Crippen molar-refractivity contribution in [3.8, 4) is 0 Å². The molecule has 25 heavy (non-hydrogen) atoms. The average molecular weight is 341 g/mol. The molecule has 0 unspecified atom stereocenters. The van der Waals surface area contributed by atoms with Gasteiger partial charge in [-0.05, 0) is 48.9 Å². The zero-order chi connectivity index (χ0) is 18.3. The number of benzene rings is 2. The molecule has 1 amide bonds. The first kappa shape index (κ1) is 16.6. The molecule has 0 radical (unpaired) electrons. The van der Waals surface area contributed by atoms with Crippen molar-refractivity contribution < 1.29 is 9.18 Å². The summed E-state index contributed by atoms with van der Waals surface area (Å²) in [5, 5.41) is 2.75. The molecule has 0 saturated heterocycles. The smallest absolute Gasteiger partial charge is 0.316 e. The Bertz CT molecular complexity index is 1110. The van der Waals surface area contributed by atoms with E-state index in [9.17, 15) is 18.8 Å². The van der Waals surface area contributed by atoms with Crippen LogP contribution in [0.1, 0.15) is 15.9 Å². The molecule has 1 N–H and O–H groups in total. The zero-order valence-corrected chi connectivity index (χ0v) is 14.0. The van der Waals surface area contributed by atoms with Gasteiger partial charge in [-0.15, -0.1) is 0 Å². The maximum atomic E-state index is 13.0. The highest BCUT2D eigenvalue weighted by molar-refractivity contribution is 6.05. The number of hydrogen-bond acceptors (Lipinski definition) is 3. The fourth-order valence-electron chi connectivity index (χ4n) is 2.65.